The summed E-state index contributed by atoms with van der Waals surface area (Å²) < 4.78 is 0. The van der Waals surface area contributed by atoms with Crippen LogP contribution in [-0.4, -0.2) is 37.7 Å². The number of rotatable bonds is 5. The maximum Gasteiger partial charge on any atom is 0.195 e. The van der Waals surface area contributed by atoms with Crippen LogP contribution in [0.5, 0.6) is 0 Å². The largest absolute Gasteiger partial charge is 0.371 e. The zero-order valence-corrected chi connectivity index (χ0v) is 12.1. The summed E-state index contributed by atoms with van der Waals surface area (Å²) in [5, 5.41) is 6.85. The van der Waals surface area contributed by atoms with Crippen molar-refractivity contribution in [2.75, 3.05) is 20.8 Å². The van der Waals surface area contributed by atoms with Crippen molar-refractivity contribution in [3.8, 4) is 0 Å². The summed E-state index contributed by atoms with van der Waals surface area (Å²) in [5.74, 6) is 0.971. The summed E-state index contributed by atoms with van der Waals surface area (Å²) in [7, 11) is 3.89. The first kappa shape index (κ1) is 14.9. The average molecular weight is 252 g/mol. The number of guanidine groups is 1. The molecule has 0 bridgehead atoms. The van der Waals surface area contributed by atoms with E-state index in [1.165, 1.54) is 32.1 Å². The van der Waals surface area contributed by atoms with Gasteiger partial charge in [-0.05, 0) is 19.3 Å². The molecule has 1 rings (SSSR count). The molecule has 2 N–H and O–H groups in total. The third-order valence-electron chi connectivity index (χ3n) is 3.50. The van der Waals surface area contributed by atoms with Gasteiger partial charge in [0.1, 0.15) is 0 Å². The molecule has 1 saturated carbocycles. The van der Waals surface area contributed by atoms with Crippen molar-refractivity contribution in [1.29, 1.82) is 0 Å². The van der Waals surface area contributed by atoms with Gasteiger partial charge >= 0.3 is 0 Å². The molecule has 0 aromatic heterocycles. The first-order valence-electron chi connectivity index (χ1n) is 7.03. The van der Waals surface area contributed by atoms with Gasteiger partial charge in [-0.1, -0.05) is 32.8 Å². The lowest BCUT2D eigenvalue weighted by molar-refractivity contribution is 0.383. The molecule has 0 amide bonds. The third kappa shape index (κ3) is 4.98. The van der Waals surface area contributed by atoms with Crippen molar-refractivity contribution in [3.63, 3.8) is 0 Å². The van der Waals surface area contributed by atoms with Crippen molar-refractivity contribution in [3.05, 3.63) is 12.3 Å². The number of nitrogens with one attached hydrogen (secondary N) is 2. The van der Waals surface area contributed by atoms with Crippen LogP contribution in [-0.2, 0) is 0 Å². The van der Waals surface area contributed by atoms with E-state index >= 15 is 0 Å². The maximum atomic E-state index is 4.35. The summed E-state index contributed by atoms with van der Waals surface area (Å²) in [6, 6.07) is 0.592. The number of nitrogens with zero attached hydrogens (tertiary/aromatic N) is 2. The molecule has 18 heavy (non-hydrogen) atoms. The Balaban J connectivity index is 2.37. The molecule has 0 saturated heterocycles. The fourth-order valence-electron chi connectivity index (χ4n) is 2.21. The van der Waals surface area contributed by atoms with Gasteiger partial charge in [-0.25, -0.2) is 0 Å². The Kier molecular flexibility index (Phi) is 6.61. The zero-order valence-electron chi connectivity index (χ0n) is 12.1. The molecular formula is C14H28N4. The van der Waals surface area contributed by atoms with Gasteiger partial charge in [0.25, 0.3) is 0 Å². The van der Waals surface area contributed by atoms with Gasteiger partial charge in [0, 0.05) is 25.8 Å². The smallest absolute Gasteiger partial charge is 0.195 e. The van der Waals surface area contributed by atoms with Crippen molar-refractivity contribution >= 4 is 5.96 Å². The monoisotopic (exact) mass is 252 g/mol. The lowest BCUT2D eigenvalue weighted by Gasteiger charge is -2.29. The van der Waals surface area contributed by atoms with Crippen LogP contribution < -0.4 is 10.6 Å². The Morgan fingerprint density at radius 2 is 2.00 bits per heavy atom. The molecule has 1 aliphatic carbocycles. The van der Waals surface area contributed by atoms with Gasteiger partial charge in [0.2, 0.25) is 0 Å². The molecule has 1 aliphatic rings. The normalized spacial score (nSPS) is 17.4. The summed E-state index contributed by atoms with van der Waals surface area (Å²) >= 11 is 0. The van der Waals surface area contributed by atoms with E-state index in [0.29, 0.717) is 6.04 Å². The Morgan fingerprint density at radius 3 is 2.56 bits per heavy atom. The minimum atomic E-state index is 0.592. The van der Waals surface area contributed by atoms with Crippen molar-refractivity contribution in [2.45, 2.75) is 51.5 Å². The quantitative estimate of drug-likeness (QED) is 0.448. The van der Waals surface area contributed by atoms with Crippen LogP contribution >= 0.6 is 0 Å². The van der Waals surface area contributed by atoms with E-state index in [9.17, 15) is 0 Å². The first-order valence-corrected chi connectivity index (χ1v) is 7.03. The molecule has 0 radical (unpaired) electrons. The SMILES string of the molecule is C=C(CC)NCN(C)C(=NC)NC1CCCCC1. The topological polar surface area (TPSA) is 39.7 Å². The van der Waals surface area contributed by atoms with Gasteiger partial charge in [-0.2, -0.15) is 0 Å². The van der Waals surface area contributed by atoms with Crippen molar-refractivity contribution in [2.24, 2.45) is 4.99 Å². The molecule has 1 fully saturated rings. The van der Waals surface area contributed by atoms with Gasteiger partial charge in [-0.15, -0.1) is 0 Å². The molecular weight excluding hydrogens is 224 g/mol. The fourth-order valence-corrected chi connectivity index (χ4v) is 2.21. The van der Waals surface area contributed by atoms with Crippen LogP contribution in [0.2, 0.25) is 0 Å². The zero-order chi connectivity index (χ0) is 13.4. The number of allylic oxidation sites excluding steroid dienone is 1. The minimum Gasteiger partial charge on any atom is -0.371 e. The summed E-state index contributed by atoms with van der Waals surface area (Å²) in [5.41, 5.74) is 1.06. The number of aliphatic imine (C=N–C) groups is 1. The highest BCUT2D eigenvalue weighted by molar-refractivity contribution is 5.79. The van der Waals surface area contributed by atoms with Gasteiger partial charge in [0.05, 0.1) is 6.67 Å². The van der Waals surface area contributed by atoms with Crippen LogP contribution in [0.25, 0.3) is 0 Å². The lowest BCUT2D eigenvalue weighted by atomic mass is 9.96. The molecule has 0 aromatic rings. The van der Waals surface area contributed by atoms with Gasteiger partial charge in [-0.3, -0.25) is 4.99 Å². The van der Waals surface area contributed by atoms with Crippen LogP contribution in [0.1, 0.15) is 45.4 Å². The third-order valence-corrected chi connectivity index (χ3v) is 3.50. The molecule has 4 nitrogen and oxygen atoms in total. The highest BCUT2D eigenvalue weighted by atomic mass is 15.3. The maximum absolute atomic E-state index is 4.35. The summed E-state index contributed by atoms with van der Waals surface area (Å²) in [6.07, 6.45) is 7.55. The Bertz CT molecular complexity index is 280. The van der Waals surface area contributed by atoms with Crippen LogP contribution in [0.4, 0.5) is 0 Å². The molecule has 0 unspecified atom stereocenters. The molecule has 0 heterocycles. The molecule has 104 valence electrons. The standard InChI is InChI=1S/C14H28N4/c1-5-12(2)16-11-18(4)14(15-3)17-13-9-7-6-8-10-13/h13,16H,2,5-11H2,1,3-4H3,(H,15,17). The predicted octanol–water partition coefficient (Wildman–Crippen LogP) is 2.30. The summed E-state index contributed by atoms with van der Waals surface area (Å²) in [6.45, 7) is 6.80. The van der Waals surface area contributed by atoms with Crippen LogP contribution in [0.3, 0.4) is 0 Å². The Morgan fingerprint density at radius 1 is 1.33 bits per heavy atom. The minimum absolute atomic E-state index is 0.592. The second kappa shape index (κ2) is 8.01. The molecule has 0 atom stereocenters. The predicted molar refractivity (Wildman–Crippen MR) is 78.6 cm³/mol. The molecule has 4 heteroatoms. The van der Waals surface area contributed by atoms with E-state index < -0.39 is 0 Å². The molecule has 0 aliphatic heterocycles. The second-order valence-electron chi connectivity index (χ2n) is 5.02. The van der Waals surface area contributed by atoms with E-state index in [2.05, 4.69) is 34.0 Å². The number of hydrogen-bond acceptors (Lipinski definition) is 2. The molecule has 0 aromatic carbocycles. The highest BCUT2D eigenvalue weighted by Crippen LogP contribution is 2.17. The van der Waals surface area contributed by atoms with Crippen molar-refractivity contribution in [1.82, 2.24) is 15.5 Å². The van der Waals surface area contributed by atoms with E-state index in [-0.39, 0.29) is 0 Å². The van der Waals surface area contributed by atoms with Crippen molar-refractivity contribution < 1.29 is 0 Å². The fraction of sp³-hybridized carbons (Fsp3) is 0.786. The Hall–Kier alpha value is -1.19. The van der Waals surface area contributed by atoms with Gasteiger partial charge in [0.15, 0.2) is 5.96 Å². The number of hydrogen-bond donors (Lipinski definition) is 2. The second-order valence-corrected chi connectivity index (χ2v) is 5.02. The van der Waals surface area contributed by atoms with Gasteiger partial charge < -0.3 is 15.5 Å². The average Bonchev–Trinajstić information content (AvgIpc) is 2.42. The highest BCUT2D eigenvalue weighted by Gasteiger charge is 2.16. The first-order chi connectivity index (χ1) is 8.67. The van der Waals surface area contributed by atoms with E-state index in [4.69, 9.17) is 0 Å². The molecule has 0 spiro atoms. The van der Waals surface area contributed by atoms with E-state index in [1.807, 2.05) is 14.1 Å². The van der Waals surface area contributed by atoms with Crippen LogP contribution in [0, 0.1) is 0 Å². The Labute approximate surface area is 112 Å². The van der Waals surface area contributed by atoms with E-state index in [0.717, 1.165) is 24.7 Å². The summed E-state index contributed by atoms with van der Waals surface area (Å²) in [4.78, 5) is 6.45. The lowest BCUT2D eigenvalue weighted by Crippen LogP contribution is -2.47. The van der Waals surface area contributed by atoms with Crippen LogP contribution in [0.15, 0.2) is 17.3 Å². The van der Waals surface area contributed by atoms with E-state index in [1.54, 1.807) is 0 Å².